The van der Waals surface area contributed by atoms with Gasteiger partial charge in [-0.25, -0.2) is 0 Å². The van der Waals surface area contributed by atoms with Crippen LogP contribution in [0.3, 0.4) is 0 Å². The lowest BCUT2D eigenvalue weighted by Crippen LogP contribution is -2.57. The van der Waals surface area contributed by atoms with Gasteiger partial charge in [-0.1, -0.05) is 18.2 Å². The molecule has 4 aliphatic rings. The number of aryl methyl sites for hydroxylation is 3. The van der Waals surface area contributed by atoms with E-state index in [-0.39, 0.29) is 6.71 Å². The molecule has 0 bridgehead atoms. The molecule has 2 aliphatic heterocycles. The predicted octanol–water partition coefficient (Wildman–Crippen LogP) is 3.83. The van der Waals surface area contributed by atoms with Crippen LogP contribution in [0.15, 0.2) is 42.5 Å². The molecule has 0 fully saturated rings. The second-order valence-corrected chi connectivity index (χ2v) is 9.43. The molecule has 0 atom stereocenters. The number of benzene rings is 3. The Labute approximate surface area is 166 Å². The van der Waals surface area contributed by atoms with E-state index in [4.69, 9.17) is 9.47 Å². The highest BCUT2D eigenvalue weighted by Gasteiger charge is 2.45. The molecule has 132 valence electrons. The van der Waals surface area contributed by atoms with Crippen LogP contribution >= 0.6 is 11.3 Å². The van der Waals surface area contributed by atoms with Gasteiger partial charge in [0, 0.05) is 20.3 Å². The van der Waals surface area contributed by atoms with Crippen LogP contribution in [-0.4, -0.2) is 6.71 Å². The smallest absolute Gasteiger partial charge is 0.273 e. The maximum Gasteiger partial charge on any atom is 0.273 e. The number of rotatable bonds is 0. The molecule has 0 saturated carbocycles. The van der Waals surface area contributed by atoms with Gasteiger partial charge in [0.2, 0.25) is 0 Å². The van der Waals surface area contributed by atoms with Crippen molar-refractivity contribution in [1.29, 1.82) is 0 Å². The lowest BCUT2D eigenvalue weighted by atomic mass is 9.37. The minimum Gasteiger partial charge on any atom is -0.458 e. The van der Waals surface area contributed by atoms with Crippen molar-refractivity contribution >= 4 is 43.8 Å². The Kier molecular flexibility index (Phi) is 2.37. The van der Waals surface area contributed by atoms with Crippen LogP contribution in [0.25, 0.3) is 10.1 Å². The Morgan fingerprint density at radius 3 is 2.46 bits per heavy atom. The van der Waals surface area contributed by atoms with Crippen molar-refractivity contribution in [1.82, 2.24) is 0 Å². The van der Waals surface area contributed by atoms with Gasteiger partial charge >= 0.3 is 0 Å². The van der Waals surface area contributed by atoms with Crippen LogP contribution in [0.4, 0.5) is 0 Å². The van der Waals surface area contributed by atoms with Crippen molar-refractivity contribution in [3.8, 4) is 23.0 Å². The second-order valence-electron chi connectivity index (χ2n) is 8.34. The molecule has 0 amide bonds. The first-order valence-corrected chi connectivity index (χ1v) is 10.9. The maximum atomic E-state index is 6.65. The fourth-order valence-corrected chi connectivity index (χ4v) is 6.60. The van der Waals surface area contributed by atoms with Gasteiger partial charge in [0.15, 0.2) is 0 Å². The highest BCUT2D eigenvalue weighted by molar-refractivity contribution is 7.33. The molecule has 0 N–H and O–H groups in total. The highest BCUT2D eigenvalue weighted by atomic mass is 32.1. The summed E-state index contributed by atoms with van der Waals surface area (Å²) in [6.07, 6.45) is 4.60. The number of hydrogen-bond acceptors (Lipinski definition) is 3. The van der Waals surface area contributed by atoms with Gasteiger partial charge in [0.25, 0.3) is 6.71 Å². The average molecular weight is 378 g/mol. The van der Waals surface area contributed by atoms with Crippen molar-refractivity contribution in [3.05, 3.63) is 64.7 Å². The van der Waals surface area contributed by atoms with Crippen molar-refractivity contribution in [2.45, 2.75) is 25.7 Å². The van der Waals surface area contributed by atoms with Crippen molar-refractivity contribution < 1.29 is 9.47 Å². The molecule has 3 aromatic carbocycles. The first-order valence-electron chi connectivity index (χ1n) is 10.1. The maximum absolute atomic E-state index is 6.65. The molecule has 0 spiro atoms. The second kappa shape index (κ2) is 4.64. The largest absolute Gasteiger partial charge is 0.458 e. The summed E-state index contributed by atoms with van der Waals surface area (Å²) in [6.45, 7) is 0.228. The van der Waals surface area contributed by atoms with Crippen molar-refractivity contribution in [2.75, 3.05) is 0 Å². The van der Waals surface area contributed by atoms with E-state index in [1.165, 1.54) is 60.9 Å². The molecule has 8 rings (SSSR count). The molecule has 28 heavy (non-hydrogen) atoms. The SMILES string of the molecule is c1ccc2c3c(sc2c1)B1c2cc4c(cc2Oc2cc5c(c(c21)O3)CC5)CC4. The average Bonchev–Trinajstić information content (AvgIpc) is 3.04. The molecule has 2 nitrogen and oxygen atoms in total. The normalized spacial score (nSPS) is 16.5. The van der Waals surface area contributed by atoms with Crippen LogP contribution in [0.1, 0.15) is 22.3 Å². The molecule has 4 heteroatoms. The van der Waals surface area contributed by atoms with Crippen LogP contribution in [-0.2, 0) is 25.7 Å². The Hall–Kier alpha value is -2.72. The third-order valence-corrected chi connectivity index (χ3v) is 8.20. The summed E-state index contributed by atoms with van der Waals surface area (Å²) < 4.78 is 15.8. The molecule has 0 unspecified atom stereocenters. The zero-order valence-electron chi connectivity index (χ0n) is 15.2. The Morgan fingerprint density at radius 1 is 0.786 bits per heavy atom. The molecule has 1 aromatic heterocycles. The summed E-state index contributed by atoms with van der Waals surface area (Å²) in [7, 11) is 0. The van der Waals surface area contributed by atoms with Crippen LogP contribution in [0.2, 0.25) is 0 Å². The van der Waals surface area contributed by atoms with Gasteiger partial charge in [0.1, 0.15) is 23.0 Å². The standard InChI is InChI=1S/C24H15BO2S/c1-2-4-20-16(3-1)23-24(28-20)25-17-9-12-5-6-13(12)10-18(17)26-19-11-14-7-8-15(14)22(27-23)21(19)25/h1-4,9-11H,5-8H2. The topological polar surface area (TPSA) is 18.5 Å². The quantitative estimate of drug-likeness (QED) is 0.374. The molecular formula is C24H15BO2S. The zero-order valence-corrected chi connectivity index (χ0v) is 16.0. The van der Waals surface area contributed by atoms with Crippen molar-refractivity contribution in [3.63, 3.8) is 0 Å². The Morgan fingerprint density at radius 2 is 1.61 bits per heavy atom. The number of fused-ring (bicyclic) bond motifs is 9. The molecule has 4 aromatic rings. The van der Waals surface area contributed by atoms with E-state index in [0.29, 0.717) is 0 Å². The summed E-state index contributed by atoms with van der Waals surface area (Å²) in [5.41, 5.74) is 8.30. The van der Waals surface area contributed by atoms with E-state index >= 15 is 0 Å². The lowest BCUT2D eigenvalue weighted by Gasteiger charge is -2.37. The van der Waals surface area contributed by atoms with Gasteiger partial charge in [0.05, 0.1) is 0 Å². The van der Waals surface area contributed by atoms with Crippen LogP contribution in [0.5, 0.6) is 23.0 Å². The van der Waals surface area contributed by atoms with E-state index < -0.39 is 0 Å². The summed E-state index contributed by atoms with van der Waals surface area (Å²) in [5, 5.41) is 1.24. The third kappa shape index (κ3) is 1.55. The first-order chi connectivity index (χ1) is 13.8. The van der Waals surface area contributed by atoms with E-state index in [1.54, 1.807) is 0 Å². The lowest BCUT2D eigenvalue weighted by molar-refractivity contribution is 0.457. The summed E-state index contributed by atoms with van der Waals surface area (Å²) >= 11 is 1.88. The monoisotopic (exact) mass is 378 g/mol. The van der Waals surface area contributed by atoms with Crippen LogP contribution < -0.4 is 25.2 Å². The van der Waals surface area contributed by atoms with E-state index in [1.807, 2.05) is 11.3 Å². The fraction of sp³-hybridized carbons (Fsp3) is 0.167. The van der Waals surface area contributed by atoms with Crippen LogP contribution in [0, 0.1) is 0 Å². The highest BCUT2D eigenvalue weighted by Crippen LogP contribution is 2.46. The van der Waals surface area contributed by atoms with Crippen molar-refractivity contribution in [2.24, 2.45) is 0 Å². The molecule has 3 heterocycles. The first kappa shape index (κ1) is 14.3. The molecular weight excluding hydrogens is 363 g/mol. The zero-order chi connectivity index (χ0) is 18.0. The number of thiophene rings is 1. The minimum absolute atomic E-state index is 0.228. The Balaban J connectivity index is 1.51. The molecule has 0 radical (unpaired) electrons. The summed E-state index contributed by atoms with van der Waals surface area (Å²) in [5.74, 6) is 4.20. The van der Waals surface area contributed by atoms with E-state index in [2.05, 4.69) is 42.5 Å². The fourth-order valence-electron chi connectivity index (χ4n) is 5.34. The van der Waals surface area contributed by atoms with E-state index in [0.717, 1.165) is 35.8 Å². The number of ether oxygens (including phenoxy) is 2. The van der Waals surface area contributed by atoms with Gasteiger partial charge in [-0.05, 0) is 77.7 Å². The third-order valence-electron chi connectivity index (χ3n) is 6.98. The van der Waals surface area contributed by atoms with Gasteiger partial charge in [-0.2, -0.15) is 0 Å². The Bertz CT molecular complexity index is 1380. The van der Waals surface area contributed by atoms with E-state index in [9.17, 15) is 0 Å². The molecule has 0 saturated heterocycles. The number of hydrogen-bond donors (Lipinski definition) is 0. The molecule has 2 aliphatic carbocycles. The van der Waals surface area contributed by atoms with Gasteiger partial charge in [-0.15, -0.1) is 11.3 Å². The minimum atomic E-state index is 0.228. The summed E-state index contributed by atoms with van der Waals surface area (Å²) in [4.78, 5) is 0. The van der Waals surface area contributed by atoms with Gasteiger partial charge in [-0.3, -0.25) is 0 Å². The summed E-state index contributed by atoms with van der Waals surface area (Å²) in [6, 6.07) is 15.6. The van der Waals surface area contributed by atoms with Gasteiger partial charge < -0.3 is 9.47 Å². The predicted molar refractivity (Wildman–Crippen MR) is 114 cm³/mol.